The molecule has 5 rings (SSSR count). The molecule has 2 saturated carbocycles. The fourth-order valence-corrected chi connectivity index (χ4v) is 7.70. The van der Waals surface area contributed by atoms with Crippen LogP contribution in [0.25, 0.3) is 0 Å². The molecule has 282 valence electrons. The molecule has 2 aromatic rings. The summed E-state index contributed by atoms with van der Waals surface area (Å²) >= 11 is 0. The summed E-state index contributed by atoms with van der Waals surface area (Å²) in [5, 5.41) is 8.76. The number of urea groups is 1. The van der Waals surface area contributed by atoms with E-state index in [4.69, 9.17) is 15.2 Å². The van der Waals surface area contributed by atoms with Crippen molar-refractivity contribution in [3.63, 3.8) is 0 Å². The number of nitrogens with two attached hydrogens (primary N) is 1. The zero-order chi connectivity index (χ0) is 38.0. The van der Waals surface area contributed by atoms with Crippen LogP contribution < -0.4 is 21.7 Å². The van der Waals surface area contributed by atoms with E-state index in [-0.39, 0.29) is 30.0 Å². The fraction of sp³-hybridized carbons (Fsp3) is 0.575. The fourth-order valence-electron chi connectivity index (χ4n) is 7.70. The Labute approximate surface area is 306 Å². The molecule has 12 heteroatoms. The first-order valence-electron chi connectivity index (χ1n) is 18.2. The lowest BCUT2D eigenvalue weighted by Gasteiger charge is -2.39. The van der Waals surface area contributed by atoms with Gasteiger partial charge in [0.05, 0.1) is 18.2 Å². The number of carbonyl (C=O) groups excluding carboxylic acids is 5. The maximum Gasteiger partial charge on any atom is 0.315 e. The molecule has 1 saturated heterocycles. The summed E-state index contributed by atoms with van der Waals surface area (Å²) in [5.74, 6) is -2.63. The first kappa shape index (κ1) is 38.9. The Balaban J connectivity index is 1.29. The number of fused-ring (bicyclic) bond motifs is 1. The third-order valence-corrected chi connectivity index (χ3v) is 10.9. The lowest BCUT2D eigenvalue weighted by Crippen LogP contribution is -2.63. The van der Waals surface area contributed by atoms with Crippen LogP contribution >= 0.6 is 0 Å². The topological polar surface area (TPSA) is 169 Å². The summed E-state index contributed by atoms with van der Waals surface area (Å²) in [7, 11) is 0. The molecule has 3 fully saturated rings. The number of primary amides is 1. The van der Waals surface area contributed by atoms with Crippen molar-refractivity contribution in [1.29, 1.82) is 0 Å². The molecule has 0 spiro atoms. The van der Waals surface area contributed by atoms with Gasteiger partial charge in [0.1, 0.15) is 25.0 Å². The Hall–Kier alpha value is -4.29. The van der Waals surface area contributed by atoms with E-state index in [9.17, 15) is 24.0 Å². The molecule has 2 aromatic carbocycles. The maximum absolute atomic E-state index is 14.5. The number of nitrogens with one attached hydrogen (secondary N) is 3. The van der Waals surface area contributed by atoms with E-state index in [1.807, 2.05) is 95.3 Å². The van der Waals surface area contributed by atoms with Gasteiger partial charge in [-0.3, -0.25) is 19.2 Å². The molecule has 2 unspecified atom stereocenters. The average molecular weight is 718 g/mol. The van der Waals surface area contributed by atoms with Crippen LogP contribution in [0.5, 0.6) is 0 Å². The Morgan fingerprint density at radius 3 is 2.12 bits per heavy atom. The second kappa shape index (κ2) is 15.4. The van der Waals surface area contributed by atoms with E-state index in [0.717, 1.165) is 24.0 Å². The molecule has 3 aliphatic rings. The molecule has 5 N–H and O–H groups in total. The Morgan fingerprint density at radius 1 is 0.923 bits per heavy atom. The number of Topliss-reactive ketones (excluding diaryl/α,β-unsaturated/α-hetero) is 1. The van der Waals surface area contributed by atoms with Crippen LogP contribution in [-0.2, 0) is 35.3 Å². The number of hydrogen-bond acceptors (Lipinski definition) is 7. The second-order valence-electron chi connectivity index (χ2n) is 16.9. The van der Waals surface area contributed by atoms with Crippen molar-refractivity contribution in [2.75, 3.05) is 13.3 Å². The third-order valence-electron chi connectivity index (χ3n) is 10.9. The first-order chi connectivity index (χ1) is 24.4. The zero-order valence-corrected chi connectivity index (χ0v) is 31.4. The van der Waals surface area contributed by atoms with Gasteiger partial charge in [0, 0.05) is 6.54 Å². The number of piperidine rings is 1. The zero-order valence-electron chi connectivity index (χ0n) is 31.4. The van der Waals surface area contributed by atoms with Crippen LogP contribution in [0.2, 0.25) is 0 Å². The van der Waals surface area contributed by atoms with Crippen molar-refractivity contribution in [2.24, 2.45) is 34.3 Å². The Morgan fingerprint density at radius 2 is 1.54 bits per heavy atom. The van der Waals surface area contributed by atoms with Gasteiger partial charge in [-0.2, -0.15) is 0 Å². The van der Waals surface area contributed by atoms with Gasteiger partial charge in [-0.05, 0) is 60.0 Å². The highest BCUT2D eigenvalue weighted by atomic mass is 16.7. The van der Waals surface area contributed by atoms with Gasteiger partial charge in [-0.25, -0.2) is 4.79 Å². The number of hydrogen-bond donors (Lipinski definition) is 4. The molecular formula is C40H55N5O7. The van der Waals surface area contributed by atoms with Crippen LogP contribution in [-0.4, -0.2) is 71.4 Å². The van der Waals surface area contributed by atoms with E-state index < -0.39 is 64.7 Å². The summed E-state index contributed by atoms with van der Waals surface area (Å²) < 4.78 is 12.1. The molecule has 1 aliphatic heterocycles. The smallest absolute Gasteiger partial charge is 0.315 e. The van der Waals surface area contributed by atoms with Crippen LogP contribution in [0.1, 0.15) is 85.0 Å². The molecule has 1 heterocycles. The lowest BCUT2D eigenvalue weighted by molar-refractivity contribution is -0.145. The van der Waals surface area contributed by atoms with Gasteiger partial charge in [-0.15, -0.1) is 0 Å². The van der Waals surface area contributed by atoms with Crippen molar-refractivity contribution in [1.82, 2.24) is 20.9 Å². The normalized spacial score (nSPS) is 22.4. The van der Waals surface area contributed by atoms with Gasteiger partial charge in [0.2, 0.25) is 17.6 Å². The van der Waals surface area contributed by atoms with E-state index in [2.05, 4.69) is 29.8 Å². The van der Waals surface area contributed by atoms with Crippen molar-refractivity contribution >= 4 is 29.5 Å². The summed E-state index contributed by atoms with van der Waals surface area (Å²) in [6.07, 6.45) is 1.57. The molecule has 2 aliphatic carbocycles. The molecule has 0 bridgehead atoms. The highest BCUT2D eigenvalue weighted by molar-refractivity contribution is 6.37. The maximum atomic E-state index is 14.5. The summed E-state index contributed by atoms with van der Waals surface area (Å²) in [6.45, 7) is 14.1. The SMILES string of the molecule is CC(C)(NC(=O)N[C@H](C(=O)N1C[C@H]2[C@@H]([C@H]1C(=O)NC(CC1CC1)C(=O)C(N)=O)C2(C)C)C(C)(C)C)C(OCOCc1ccccc1)c1ccccc1. The number of rotatable bonds is 16. The van der Waals surface area contributed by atoms with Crippen molar-refractivity contribution in [3.8, 4) is 0 Å². The molecular weight excluding hydrogens is 662 g/mol. The lowest BCUT2D eigenvalue weighted by atomic mass is 9.85. The molecule has 0 radical (unpaired) electrons. The van der Waals surface area contributed by atoms with E-state index >= 15 is 0 Å². The number of likely N-dealkylation sites (tertiary alicyclic amines) is 1. The Bertz CT molecular complexity index is 1620. The van der Waals surface area contributed by atoms with Crippen molar-refractivity contribution in [3.05, 3.63) is 71.8 Å². The predicted molar refractivity (Wildman–Crippen MR) is 195 cm³/mol. The first-order valence-corrected chi connectivity index (χ1v) is 18.2. The molecule has 12 nitrogen and oxygen atoms in total. The molecule has 0 aromatic heterocycles. The van der Waals surface area contributed by atoms with Crippen LogP contribution in [0.15, 0.2) is 60.7 Å². The van der Waals surface area contributed by atoms with Gasteiger partial charge in [0.25, 0.3) is 5.91 Å². The van der Waals surface area contributed by atoms with E-state index in [1.54, 1.807) is 4.90 Å². The Kier molecular flexibility index (Phi) is 11.5. The van der Waals surface area contributed by atoms with Crippen LogP contribution in [0.3, 0.4) is 0 Å². The molecule has 6 atom stereocenters. The minimum absolute atomic E-state index is 0.0199. The highest BCUT2D eigenvalue weighted by Gasteiger charge is 2.70. The van der Waals surface area contributed by atoms with E-state index in [1.165, 1.54) is 0 Å². The highest BCUT2D eigenvalue weighted by Crippen LogP contribution is 2.65. The van der Waals surface area contributed by atoms with Gasteiger partial charge in [-0.1, -0.05) is 108 Å². The minimum atomic E-state index is -1.10. The number of carbonyl (C=O) groups is 5. The molecule has 5 amide bonds. The van der Waals surface area contributed by atoms with Crippen molar-refractivity contribution < 1.29 is 33.4 Å². The average Bonchev–Trinajstić information content (AvgIpc) is 3.93. The summed E-state index contributed by atoms with van der Waals surface area (Å²) in [6, 6.07) is 15.8. The quantitative estimate of drug-likeness (QED) is 0.114. The van der Waals surface area contributed by atoms with Gasteiger partial charge >= 0.3 is 6.03 Å². The minimum Gasteiger partial charge on any atom is -0.363 e. The van der Waals surface area contributed by atoms with Gasteiger partial charge in [0.15, 0.2) is 0 Å². The van der Waals surface area contributed by atoms with Crippen molar-refractivity contribution in [2.45, 2.75) is 104 Å². The largest absolute Gasteiger partial charge is 0.363 e. The number of amides is 5. The number of benzene rings is 2. The monoisotopic (exact) mass is 717 g/mol. The molecule has 52 heavy (non-hydrogen) atoms. The standard InChI is InChI=1S/C40H55N5O7/c1-38(2,3)32(36(49)45-21-27-29(39(27,4)5)30(45)35(48)42-28(20-24-18-19-24)31(46)34(41)47)43-37(50)44-40(6,7)33(26-16-12-9-13-17-26)52-23-51-22-25-14-10-8-11-15-25/h8-17,24,27-30,32-33H,18-23H2,1-7H3,(H2,41,47)(H,42,48)(H2,43,44,50)/t27-,28?,29-,30-,32+,33?/m0/s1. The van der Waals surface area contributed by atoms with Crippen LogP contribution in [0, 0.1) is 28.6 Å². The third kappa shape index (κ3) is 9.01. The van der Waals surface area contributed by atoms with Crippen LogP contribution in [0.4, 0.5) is 4.79 Å². The summed E-state index contributed by atoms with van der Waals surface area (Å²) in [5.41, 5.74) is 5.29. The number of nitrogens with zero attached hydrogens (tertiary/aromatic N) is 1. The van der Waals surface area contributed by atoms with Gasteiger partial charge < -0.3 is 36.1 Å². The second-order valence-corrected chi connectivity index (χ2v) is 16.9. The van der Waals surface area contributed by atoms with E-state index in [0.29, 0.717) is 19.6 Å². The summed E-state index contributed by atoms with van der Waals surface area (Å²) in [4.78, 5) is 68.3. The number of ether oxygens (including phenoxy) is 2. The number of ketones is 1. The predicted octanol–water partition coefficient (Wildman–Crippen LogP) is 4.23.